The topological polar surface area (TPSA) is 55.5 Å². The Hall–Kier alpha value is -0.900. The molecule has 3 nitrogen and oxygen atoms in total. The van der Waals surface area contributed by atoms with Gasteiger partial charge in [0.2, 0.25) is 0 Å². The van der Waals surface area contributed by atoms with Crippen molar-refractivity contribution in [2.45, 2.75) is 13.0 Å². The minimum atomic E-state index is 0.174. The molecule has 0 saturated carbocycles. The highest BCUT2D eigenvalue weighted by atomic mass is 16.6. The van der Waals surface area contributed by atoms with Crippen LogP contribution >= 0.6 is 0 Å². The average Bonchev–Trinajstić information content (AvgIpc) is 2.06. The fourth-order valence-electron chi connectivity index (χ4n) is 1.10. The highest BCUT2D eigenvalue weighted by molar-refractivity contribution is 5.22. The molecule has 0 saturated heterocycles. The third-order valence-corrected chi connectivity index (χ3v) is 1.64. The van der Waals surface area contributed by atoms with Crippen LogP contribution in [0, 0.1) is 0 Å². The fourth-order valence-corrected chi connectivity index (χ4v) is 1.10. The summed E-state index contributed by atoms with van der Waals surface area (Å²) in [5.41, 5.74) is 2.13. The molecule has 0 heterocycles. The van der Waals surface area contributed by atoms with Gasteiger partial charge in [0, 0.05) is 6.61 Å². The van der Waals surface area contributed by atoms with Crippen LogP contribution in [0.1, 0.15) is 11.1 Å². The van der Waals surface area contributed by atoms with Gasteiger partial charge in [0.1, 0.15) is 0 Å². The van der Waals surface area contributed by atoms with Crippen LogP contribution in [-0.2, 0) is 17.9 Å². The monoisotopic (exact) mass is 167 g/mol. The van der Waals surface area contributed by atoms with E-state index in [9.17, 15) is 0 Å². The Balaban J connectivity index is 2.67. The molecule has 0 fully saturated rings. The zero-order chi connectivity index (χ0) is 8.81. The molecule has 0 radical (unpaired) electrons. The summed E-state index contributed by atoms with van der Waals surface area (Å²) < 4.78 is 0. The molecule has 0 amide bonds. The molecule has 3 heteroatoms. The molecule has 66 valence electrons. The van der Waals surface area contributed by atoms with E-state index in [1.807, 2.05) is 24.3 Å². The van der Waals surface area contributed by atoms with Gasteiger partial charge < -0.3 is 5.11 Å². The second kappa shape index (κ2) is 4.87. The van der Waals surface area contributed by atoms with Gasteiger partial charge in [-0.25, -0.2) is 5.90 Å². The van der Waals surface area contributed by atoms with Gasteiger partial charge in [0.25, 0.3) is 0 Å². The zero-order valence-corrected chi connectivity index (χ0v) is 6.86. The Kier molecular flexibility index (Phi) is 3.73. The third kappa shape index (κ3) is 2.62. The van der Waals surface area contributed by atoms with Crippen molar-refractivity contribution < 1.29 is 9.94 Å². The molecule has 1 rings (SSSR count). The largest absolute Gasteiger partial charge is 0.396 e. The Bertz CT molecular complexity index is 216. The van der Waals surface area contributed by atoms with E-state index in [0.29, 0.717) is 13.0 Å². The highest BCUT2D eigenvalue weighted by Gasteiger charge is 1.94. The van der Waals surface area contributed by atoms with Crippen LogP contribution in [-0.4, -0.2) is 11.7 Å². The summed E-state index contributed by atoms with van der Waals surface area (Å²) in [5.74, 6) is 4.94. The maximum absolute atomic E-state index is 8.68. The van der Waals surface area contributed by atoms with E-state index >= 15 is 0 Å². The van der Waals surface area contributed by atoms with Gasteiger partial charge in [0.05, 0.1) is 6.61 Å². The second-order valence-electron chi connectivity index (χ2n) is 2.60. The minimum absolute atomic E-state index is 0.174. The fraction of sp³-hybridized carbons (Fsp3) is 0.333. The number of rotatable bonds is 4. The SMILES string of the molecule is NOCc1cccc(CCO)c1. The smallest absolute Gasteiger partial charge is 0.0930 e. The summed E-state index contributed by atoms with van der Waals surface area (Å²) in [6.45, 7) is 0.589. The van der Waals surface area contributed by atoms with Crippen LogP contribution in [0.2, 0.25) is 0 Å². The molecule has 3 N–H and O–H groups in total. The summed E-state index contributed by atoms with van der Waals surface area (Å²) in [6, 6.07) is 7.81. The molecule has 0 aromatic heterocycles. The Morgan fingerprint density at radius 3 is 2.75 bits per heavy atom. The molecule has 1 aromatic rings. The summed E-state index contributed by atoms with van der Waals surface area (Å²) in [6.07, 6.45) is 0.679. The summed E-state index contributed by atoms with van der Waals surface area (Å²) in [4.78, 5) is 4.50. The van der Waals surface area contributed by atoms with Crippen LogP contribution < -0.4 is 5.90 Å². The third-order valence-electron chi connectivity index (χ3n) is 1.64. The van der Waals surface area contributed by atoms with Crippen molar-refractivity contribution in [3.8, 4) is 0 Å². The maximum atomic E-state index is 8.68. The first-order chi connectivity index (χ1) is 5.86. The quantitative estimate of drug-likeness (QED) is 0.646. The number of hydrogen-bond donors (Lipinski definition) is 2. The predicted molar refractivity (Wildman–Crippen MR) is 46.2 cm³/mol. The van der Waals surface area contributed by atoms with E-state index in [1.54, 1.807) is 0 Å². The van der Waals surface area contributed by atoms with Gasteiger partial charge in [-0.3, -0.25) is 4.84 Å². The van der Waals surface area contributed by atoms with Crippen molar-refractivity contribution >= 4 is 0 Å². The first-order valence-corrected chi connectivity index (χ1v) is 3.87. The predicted octanol–water partition coefficient (Wildman–Crippen LogP) is 0.612. The molecular formula is C9H13NO2. The normalized spacial score (nSPS) is 10.2. The first-order valence-electron chi connectivity index (χ1n) is 3.87. The number of aliphatic hydroxyl groups excluding tert-OH is 1. The van der Waals surface area contributed by atoms with Crippen molar-refractivity contribution in [3.63, 3.8) is 0 Å². The maximum Gasteiger partial charge on any atom is 0.0930 e. The lowest BCUT2D eigenvalue weighted by Gasteiger charge is -2.01. The standard InChI is InChI=1S/C9H13NO2/c10-12-7-9-3-1-2-8(6-9)4-5-11/h1-3,6,11H,4-5,7,10H2. The lowest BCUT2D eigenvalue weighted by molar-refractivity contribution is 0.124. The van der Waals surface area contributed by atoms with Crippen molar-refractivity contribution in [1.82, 2.24) is 0 Å². The van der Waals surface area contributed by atoms with Gasteiger partial charge in [-0.2, -0.15) is 0 Å². The molecule has 0 spiro atoms. The van der Waals surface area contributed by atoms with E-state index in [0.717, 1.165) is 11.1 Å². The van der Waals surface area contributed by atoms with Crippen molar-refractivity contribution in [2.24, 2.45) is 5.90 Å². The van der Waals surface area contributed by atoms with Crippen LogP contribution in [0.15, 0.2) is 24.3 Å². The number of hydrogen-bond acceptors (Lipinski definition) is 3. The molecule has 1 aromatic carbocycles. The van der Waals surface area contributed by atoms with E-state index in [4.69, 9.17) is 11.0 Å². The van der Waals surface area contributed by atoms with E-state index in [1.165, 1.54) is 0 Å². The summed E-state index contributed by atoms with van der Waals surface area (Å²) in [5, 5.41) is 8.68. The summed E-state index contributed by atoms with van der Waals surface area (Å²) in [7, 11) is 0. The molecule has 0 atom stereocenters. The van der Waals surface area contributed by atoms with Gasteiger partial charge in [-0.15, -0.1) is 0 Å². The van der Waals surface area contributed by atoms with Gasteiger partial charge >= 0.3 is 0 Å². The average molecular weight is 167 g/mol. The lowest BCUT2D eigenvalue weighted by atomic mass is 10.1. The van der Waals surface area contributed by atoms with Crippen LogP contribution in [0.25, 0.3) is 0 Å². The number of nitrogens with two attached hydrogens (primary N) is 1. The minimum Gasteiger partial charge on any atom is -0.396 e. The molecule has 0 aliphatic heterocycles. The van der Waals surface area contributed by atoms with Gasteiger partial charge in [-0.05, 0) is 17.5 Å². The molecule has 12 heavy (non-hydrogen) atoms. The second-order valence-corrected chi connectivity index (χ2v) is 2.60. The van der Waals surface area contributed by atoms with E-state index < -0.39 is 0 Å². The van der Waals surface area contributed by atoms with Crippen LogP contribution in [0.4, 0.5) is 0 Å². The van der Waals surface area contributed by atoms with E-state index in [-0.39, 0.29) is 6.61 Å². The Morgan fingerprint density at radius 1 is 1.33 bits per heavy atom. The van der Waals surface area contributed by atoms with Crippen molar-refractivity contribution in [2.75, 3.05) is 6.61 Å². The Morgan fingerprint density at radius 2 is 2.08 bits per heavy atom. The molecule has 0 bridgehead atoms. The zero-order valence-electron chi connectivity index (χ0n) is 6.86. The highest BCUT2D eigenvalue weighted by Crippen LogP contribution is 2.06. The molecular weight excluding hydrogens is 154 g/mol. The van der Waals surface area contributed by atoms with E-state index in [2.05, 4.69) is 4.84 Å². The van der Waals surface area contributed by atoms with Crippen LogP contribution in [0.3, 0.4) is 0 Å². The summed E-state index contributed by atoms with van der Waals surface area (Å²) >= 11 is 0. The number of benzene rings is 1. The molecule has 0 aliphatic rings. The molecule has 0 unspecified atom stereocenters. The Labute approximate surface area is 71.7 Å². The van der Waals surface area contributed by atoms with Gasteiger partial charge in [-0.1, -0.05) is 24.3 Å². The van der Waals surface area contributed by atoms with Crippen molar-refractivity contribution in [3.05, 3.63) is 35.4 Å². The number of aliphatic hydroxyl groups is 1. The van der Waals surface area contributed by atoms with Gasteiger partial charge in [0.15, 0.2) is 0 Å². The van der Waals surface area contributed by atoms with Crippen molar-refractivity contribution in [1.29, 1.82) is 0 Å². The molecule has 0 aliphatic carbocycles. The van der Waals surface area contributed by atoms with Crippen LogP contribution in [0.5, 0.6) is 0 Å². The first kappa shape index (κ1) is 9.19. The lowest BCUT2D eigenvalue weighted by Crippen LogP contribution is -1.99.